The fourth-order valence-electron chi connectivity index (χ4n) is 3.92. The van der Waals surface area contributed by atoms with E-state index in [1.165, 1.54) is 6.08 Å². The lowest BCUT2D eigenvalue weighted by Gasteiger charge is -2.17. The molecule has 0 radical (unpaired) electrons. The van der Waals surface area contributed by atoms with E-state index in [2.05, 4.69) is 52.4 Å². The number of hydrogen-bond donors (Lipinski definition) is 1. The summed E-state index contributed by atoms with van der Waals surface area (Å²) in [6.45, 7) is 4.72. The van der Waals surface area contributed by atoms with Gasteiger partial charge in [-0.2, -0.15) is 5.26 Å². The summed E-state index contributed by atoms with van der Waals surface area (Å²) < 4.78 is 12.8. The second-order valence-electron chi connectivity index (χ2n) is 8.24. The van der Waals surface area contributed by atoms with E-state index in [4.69, 9.17) is 21.1 Å². The van der Waals surface area contributed by atoms with Gasteiger partial charge in [0.05, 0.1) is 21.8 Å². The average molecular weight is 576 g/mol. The molecular formula is C30H24BrClN2O3. The van der Waals surface area contributed by atoms with Gasteiger partial charge in [0, 0.05) is 5.56 Å². The van der Waals surface area contributed by atoms with Crippen molar-refractivity contribution in [3.05, 3.63) is 105 Å². The van der Waals surface area contributed by atoms with Gasteiger partial charge in [0.15, 0.2) is 11.5 Å². The number of fused-ring (bicyclic) bond motifs is 1. The Labute approximate surface area is 229 Å². The molecule has 0 unspecified atom stereocenters. The van der Waals surface area contributed by atoms with Crippen molar-refractivity contribution < 1.29 is 14.3 Å². The first kappa shape index (κ1) is 26.3. The number of ether oxygens (including phenoxy) is 2. The summed E-state index contributed by atoms with van der Waals surface area (Å²) in [6, 6.07) is 24.7. The van der Waals surface area contributed by atoms with E-state index in [0.717, 1.165) is 21.9 Å². The Morgan fingerprint density at radius 2 is 1.84 bits per heavy atom. The van der Waals surface area contributed by atoms with Crippen molar-refractivity contribution in [3.8, 4) is 17.6 Å². The fourth-order valence-corrected chi connectivity index (χ4v) is 4.68. The van der Waals surface area contributed by atoms with E-state index in [9.17, 15) is 10.1 Å². The number of nitrogens with one attached hydrogen (secondary N) is 1. The maximum Gasteiger partial charge on any atom is 0.266 e. The first-order valence-electron chi connectivity index (χ1n) is 11.6. The molecule has 0 fully saturated rings. The summed E-state index contributed by atoms with van der Waals surface area (Å²) >= 11 is 9.72. The Morgan fingerprint density at radius 3 is 2.59 bits per heavy atom. The van der Waals surface area contributed by atoms with Crippen LogP contribution in [-0.2, 0) is 11.4 Å². The highest BCUT2D eigenvalue weighted by Gasteiger charge is 2.16. The molecule has 186 valence electrons. The second-order valence-corrected chi connectivity index (χ2v) is 9.50. The lowest BCUT2D eigenvalue weighted by Crippen LogP contribution is -2.13. The smallest absolute Gasteiger partial charge is 0.266 e. The number of benzene rings is 4. The standard InChI is InChI=1S/C30H24BrClN2O3/c1-3-36-28-16-20(14-22(17-33)30(35)34-27-11-7-6-10-26(27)32)15-25(31)29(28)37-18-24-19(2)12-13-21-8-4-5-9-23(21)24/h4-16H,3,18H2,1-2H3,(H,34,35)/b22-14+. The van der Waals surface area contributed by atoms with Crippen LogP contribution in [-0.4, -0.2) is 12.5 Å². The van der Waals surface area contributed by atoms with E-state index >= 15 is 0 Å². The van der Waals surface area contributed by atoms with Crippen LogP contribution in [0.25, 0.3) is 16.8 Å². The highest BCUT2D eigenvalue weighted by atomic mass is 79.9. The Balaban J connectivity index is 1.62. The predicted molar refractivity (Wildman–Crippen MR) is 152 cm³/mol. The number of carbonyl (C=O) groups excluding carboxylic acids is 1. The van der Waals surface area contributed by atoms with E-state index in [1.54, 1.807) is 36.4 Å². The van der Waals surface area contributed by atoms with Gasteiger partial charge in [0.25, 0.3) is 5.91 Å². The number of aryl methyl sites for hydroxylation is 1. The van der Waals surface area contributed by atoms with Crippen molar-refractivity contribution in [2.24, 2.45) is 0 Å². The molecule has 0 aliphatic carbocycles. The minimum absolute atomic E-state index is 0.0747. The van der Waals surface area contributed by atoms with Crippen LogP contribution in [0, 0.1) is 18.3 Å². The lowest BCUT2D eigenvalue weighted by molar-refractivity contribution is -0.112. The maximum absolute atomic E-state index is 12.7. The van der Waals surface area contributed by atoms with Crippen LogP contribution in [0.2, 0.25) is 5.02 Å². The quantitative estimate of drug-likeness (QED) is 0.170. The SMILES string of the molecule is CCOc1cc(/C=C(\C#N)C(=O)Nc2ccccc2Cl)cc(Br)c1OCc1c(C)ccc2ccccc12. The van der Waals surface area contributed by atoms with Crippen LogP contribution in [0.15, 0.2) is 82.8 Å². The van der Waals surface area contributed by atoms with Crippen molar-refractivity contribution in [1.29, 1.82) is 5.26 Å². The number of nitriles is 1. The van der Waals surface area contributed by atoms with Crippen molar-refractivity contribution in [1.82, 2.24) is 0 Å². The number of hydrogen-bond acceptors (Lipinski definition) is 4. The minimum atomic E-state index is -0.559. The summed E-state index contributed by atoms with van der Waals surface area (Å²) in [7, 11) is 0. The van der Waals surface area contributed by atoms with Crippen LogP contribution in [0.5, 0.6) is 11.5 Å². The van der Waals surface area contributed by atoms with Gasteiger partial charge in [-0.15, -0.1) is 0 Å². The minimum Gasteiger partial charge on any atom is -0.490 e. The van der Waals surface area contributed by atoms with Crippen molar-refractivity contribution in [2.45, 2.75) is 20.5 Å². The van der Waals surface area contributed by atoms with Gasteiger partial charge >= 0.3 is 0 Å². The number of carbonyl (C=O) groups is 1. The molecule has 0 heterocycles. The summed E-state index contributed by atoms with van der Waals surface area (Å²) in [6.07, 6.45) is 1.50. The molecule has 0 bridgehead atoms. The van der Waals surface area contributed by atoms with Crippen LogP contribution >= 0.6 is 27.5 Å². The van der Waals surface area contributed by atoms with Gasteiger partial charge in [0.1, 0.15) is 18.2 Å². The first-order valence-corrected chi connectivity index (χ1v) is 12.8. The van der Waals surface area contributed by atoms with Crippen molar-refractivity contribution in [2.75, 3.05) is 11.9 Å². The summed E-state index contributed by atoms with van der Waals surface area (Å²) in [5, 5.41) is 15.0. The molecule has 0 aromatic heterocycles. The van der Waals surface area contributed by atoms with Gasteiger partial charge in [-0.05, 0) is 82.0 Å². The largest absolute Gasteiger partial charge is 0.490 e. The monoisotopic (exact) mass is 574 g/mol. The molecule has 4 aromatic rings. The Bertz CT molecular complexity index is 1540. The fraction of sp³-hybridized carbons (Fsp3) is 0.133. The third-order valence-electron chi connectivity index (χ3n) is 5.77. The molecule has 0 aliphatic heterocycles. The lowest BCUT2D eigenvalue weighted by atomic mass is 10.0. The van der Waals surface area contributed by atoms with E-state index < -0.39 is 5.91 Å². The van der Waals surface area contributed by atoms with Gasteiger partial charge < -0.3 is 14.8 Å². The van der Waals surface area contributed by atoms with Crippen LogP contribution < -0.4 is 14.8 Å². The Kier molecular flexibility index (Phi) is 8.50. The highest BCUT2D eigenvalue weighted by molar-refractivity contribution is 9.10. The molecule has 0 saturated heterocycles. The molecule has 0 atom stereocenters. The van der Waals surface area contributed by atoms with Crippen molar-refractivity contribution in [3.63, 3.8) is 0 Å². The van der Waals surface area contributed by atoms with Crippen LogP contribution in [0.3, 0.4) is 0 Å². The third-order valence-corrected chi connectivity index (χ3v) is 6.68. The predicted octanol–water partition coefficient (Wildman–Crippen LogP) is 8.09. The first-order chi connectivity index (χ1) is 17.9. The maximum atomic E-state index is 12.7. The summed E-state index contributed by atoms with van der Waals surface area (Å²) in [4.78, 5) is 12.7. The molecular weight excluding hydrogens is 552 g/mol. The van der Waals surface area contributed by atoms with Gasteiger partial charge in [-0.1, -0.05) is 60.1 Å². The van der Waals surface area contributed by atoms with Gasteiger partial charge in [-0.25, -0.2) is 0 Å². The number of halogens is 2. The molecule has 0 aliphatic rings. The zero-order valence-electron chi connectivity index (χ0n) is 20.3. The van der Waals surface area contributed by atoms with E-state index in [-0.39, 0.29) is 5.57 Å². The normalized spacial score (nSPS) is 11.2. The molecule has 4 aromatic carbocycles. The molecule has 1 N–H and O–H groups in total. The van der Waals surface area contributed by atoms with E-state index in [1.807, 2.05) is 25.1 Å². The number of nitrogens with zero attached hydrogens (tertiary/aromatic N) is 1. The molecule has 7 heteroatoms. The topological polar surface area (TPSA) is 71.3 Å². The van der Waals surface area contributed by atoms with Gasteiger partial charge in [0.2, 0.25) is 0 Å². The number of rotatable bonds is 8. The zero-order chi connectivity index (χ0) is 26.4. The average Bonchev–Trinajstić information content (AvgIpc) is 2.89. The number of para-hydroxylation sites is 1. The van der Waals surface area contributed by atoms with Crippen LogP contribution in [0.1, 0.15) is 23.6 Å². The molecule has 0 spiro atoms. The molecule has 0 saturated carbocycles. The number of amides is 1. The molecule has 1 amide bonds. The number of anilines is 1. The van der Waals surface area contributed by atoms with Gasteiger partial charge in [-0.3, -0.25) is 4.79 Å². The van der Waals surface area contributed by atoms with E-state index in [0.29, 0.717) is 45.5 Å². The van der Waals surface area contributed by atoms with Crippen molar-refractivity contribution >= 4 is 56.0 Å². The summed E-state index contributed by atoms with van der Waals surface area (Å²) in [5.41, 5.74) is 3.19. The molecule has 5 nitrogen and oxygen atoms in total. The third kappa shape index (κ3) is 6.14. The second kappa shape index (κ2) is 12.0. The zero-order valence-corrected chi connectivity index (χ0v) is 22.7. The molecule has 4 rings (SSSR count). The summed E-state index contributed by atoms with van der Waals surface area (Å²) in [5.74, 6) is 0.492. The Hall–Kier alpha value is -3.79. The Morgan fingerprint density at radius 1 is 1.08 bits per heavy atom. The highest BCUT2D eigenvalue weighted by Crippen LogP contribution is 2.38. The molecule has 37 heavy (non-hydrogen) atoms. The van der Waals surface area contributed by atoms with Crippen LogP contribution in [0.4, 0.5) is 5.69 Å².